The van der Waals surface area contributed by atoms with Crippen molar-refractivity contribution in [2.45, 2.75) is 33.0 Å². The zero-order valence-corrected chi connectivity index (χ0v) is 18.3. The number of hydrogen-bond acceptors (Lipinski definition) is 7. The third kappa shape index (κ3) is 5.86. The zero-order chi connectivity index (χ0) is 23.3. The highest BCUT2D eigenvalue weighted by atomic mass is 19.1. The first kappa shape index (κ1) is 22.8. The molecule has 0 bridgehead atoms. The van der Waals surface area contributed by atoms with Crippen LogP contribution in [0.5, 0.6) is 5.88 Å². The number of hydrogen-bond donors (Lipinski definition) is 0. The van der Waals surface area contributed by atoms with Crippen LogP contribution >= 0.6 is 0 Å². The maximum atomic E-state index is 14.1. The van der Waals surface area contributed by atoms with Crippen LogP contribution < -0.4 is 9.64 Å². The van der Waals surface area contributed by atoms with Crippen LogP contribution in [0, 0.1) is 28.5 Å². The molecule has 1 amide bonds. The molecule has 1 aliphatic heterocycles. The summed E-state index contributed by atoms with van der Waals surface area (Å²) in [5.74, 6) is 0.194. The first-order chi connectivity index (χ1) is 15.2. The van der Waals surface area contributed by atoms with Crippen molar-refractivity contribution in [2.24, 2.45) is 0 Å². The van der Waals surface area contributed by atoms with Gasteiger partial charge in [0, 0.05) is 37.8 Å². The summed E-state index contributed by atoms with van der Waals surface area (Å²) in [7, 11) is 0. The number of carbonyl (C=O) groups is 1. The van der Waals surface area contributed by atoms with E-state index in [9.17, 15) is 14.4 Å². The third-order valence-electron chi connectivity index (χ3n) is 4.73. The van der Waals surface area contributed by atoms with Gasteiger partial charge in [0.25, 0.3) is 0 Å². The summed E-state index contributed by atoms with van der Waals surface area (Å²) in [6.07, 6.45) is -0.357. The summed E-state index contributed by atoms with van der Waals surface area (Å²) in [6.45, 7) is 7.33. The quantitative estimate of drug-likeness (QED) is 0.720. The number of aromatic nitrogens is 1. The second-order valence-electron chi connectivity index (χ2n) is 8.33. The Balaban J connectivity index is 1.67. The molecule has 1 aromatic carbocycles. The lowest BCUT2D eigenvalue weighted by atomic mass is 10.1. The first-order valence-corrected chi connectivity index (χ1v) is 10.1. The van der Waals surface area contributed by atoms with Gasteiger partial charge in [-0.3, -0.25) is 0 Å². The minimum absolute atomic E-state index is 0.0920. The fourth-order valence-corrected chi connectivity index (χ4v) is 3.12. The van der Waals surface area contributed by atoms with Gasteiger partial charge in [-0.15, -0.1) is 0 Å². The number of amides is 1. The maximum absolute atomic E-state index is 14.1. The maximum Gasteiger partial charge on any atom is 0.410 e. The molecule has 0 radical (unpaired) electrons. The van der Waals surface area contributed by atoms with Gasteiger partial charge in [0.15, 0.2) is 0 Å². The van der Waals surface area contributed by atoms with E-state index in [1.165, 1.54) is 18.2 Å². The van der Waals surface area contributed by atoms with Gasteiger partial charge in [0.05, 0.1) is 23.3 Å². The molecule has 1 fully saturated rings. The molecule has 0 atom stereocenters. The Labute approximate surface area is 186 Å². The van der Waals surface area contributed by atoms with Crippen molar-refractivity contribution in [3.05, 3.63) is 52.8 Å². The van der Waals surface area contributed by atoms with Crippen LogP contribution in [-0.2, 0) is 11.3 Å². The number of benzene rings is 1. The number of nitriles is 2. The van der Waals surface area contributed by atoms with E-state index in [2.05, 4.69) is 11.1 Å². The van der Waals surface area contributed by atoms with E-state index in [0.717, 1.165) is 6.07 Å². The van der Waals surface area contributed by atoms with E-state index in [-0.39, 0.29) is 29.7 Å². The van der Waals surface area contributed by atoms with Crippen molar-refractivity contribution in [1.82, 2.24) is 9.88 Å². The SMILES string of the molecule is CC(C)(C)OC(=O)N1CCN(c2cc(C#N)cc(OCc3ccc(C#N)cc3F)n2)CC1. The molecule has 1 aliphatic rings. The number of halogens is 1. The van der Waals surface area contributed by atoms with Crippen LogP contribution in [0.3, 0.4) is 0 Å². The Morgan fingerprint density at radius 2 is 1.78 bits per heavy atom. The van der Waals surface area contributed by atoms with Crippen LogP contribution in [0.4, 0.5) is 15.0 Å². The number of pyridine rings is 1. The molecule has 2 aromatic rings. The molecule has 9 heteroatoms. The van der Waals surface area contributed by atoms with E-state index in [4.69, 9.17) is 14.7 Å². The smallest absolute Gasteiger partial charge is 0.410 e. The minimum Gasteiger partial charge on any atom is -0.473 e. The average Bonchev–Trinajstić information content (AvgIpc) is 2.77. The van der Waals surface area contributed by atoms with Gasteiger partial charge < -0.3 is 19.3 Å². The summed E-state index contributed by atoms with van der Waals surface area (Å²) >= 11 is 0. The fraction of sp³-hybridized carbons (Fsp3) is 0.391. The fourth-order valence-electron chi connectivity index (χ4n) is 3.12. The van der Waals surface area contributed by atoms with Gasteiger partial charge in [-0.25, -0.2) is 9.18 Å². The number of carbonyl (C=O) groups excluding carboxylic acids is 1. The summed E-state index contributed by atoms with van der Waals surface area (Å²) < 4.78 is 25.2. The van der Waals surface area contributed by atoms with Crippen molar-refractivity contribution in [1.29, 1.82) is 10.5 Å². The van der Waals surface area contributed by atoms with E-state index in [0.29, 0.717) is 37.6 Å². The van der Waals surface area contributed by atoms with E-state index in [1.54, 1.807) is 11.0 Å². The number of anilines is 1. The van der Waals surface area contributed by atoms with E-state index < -0.39 is 11.4 Å². The van der Waals surface area contributed by atoms with Crippen molar-refractivity contribution < 1.29 is 18.7 Å². The summed E-state index contributed by atoms with van der Waals surface area (Å²) in [5, 5.41) is 18.2. The van der Waals surface area contributed by atoms with E-state index >= 15 is 0 Å². The lowest BCUT2D eigenvalue weighted by Crippen LogP contribution is -2.50. The van der Waals surface area contributed by atoms with Crippen LogP contribution in [-0.4, -0.2) is 47.8 Å². The topological polar surface area (TPSA) is 102 Å². The standard InChI is InChI=1S/C23H24FN5O3/c1-23(2,3)32-22(30)29-8-6-28(7-9-29)20-11-17(14-26)12-21(27-20)31-15-18-5-4-16(13-25)10-19(18)24/h4-5,10-12H,6-9,15H2,1-3H3. The molecule has 166 valence electrons. The molecule has 0 spiro atoms. The summed E-state index contributed by atoms with van der Waals surface area (Å²) in [5.41, 5.74) is 0.307. The molecule has 32 heavy (non-hydrogen) atoms. The van der Waals surface area contributed by atoms with Gasteiger partial charge >= 0.3 is 6.09 Å². The Bertz CT molecular complexity index is 1080. The highest BCUT2D eigenvalue weighted by Gasteiger charge is 2.26. The van der Waals surface area contributed by atoms with Crippen molar-refractivity contribution in [3.8, 4) is 18.0 Å². The Morgan fingerprint density at radius 3 is 2.38 bits per heavy atom. The minimum atomic E-state index is -0.558. The van der Waals surface area contributed by atoms with Gasteiger partial charge in [-0.1, -0.05) is 6.07 Å². The van der Waals surface area contributed by atoms with Crippen molar-refractivity contribution in [2.75, 3.05) is 31.1 Å². The summed E-state index contributed by atoms with van der Waals surface area (Å²) in [6, 6.07) is 11.2. The predicted molar refractivity (Wildman–Crippen MR) is 114 cm³/mol. The molecule has 2 heterocycles. The number of nitrogens with zero attached hydrogens (tertiary/aromatic N) is 5. The van der Waals surface area contributed by atoms with Gasteiger partial charge in [0.2, 0.25) is 5.88 Å². The molecule has 0 aliphatic carbocycles. The highest BCUT2D eigenvalue weighted by molar-refractivity contribution is 5.68. The van der Waals surface area contributed by atoms with Crippen molar-refractivity contribution in [3.63, 3.8) is 0 Å². The molecule has 1 saturated heterocycles. The Hall–Kier alpha value is -3.85. The monoisotopic (exact) mass is 437 g/mol. The van der Waals surface area contributed by atoms with Gasteiger partial charge in [-0.05, 0) is 39.0 Å². The first-order valence-electron chi connectivity index (χ1n) is 10.1. The highest BCUT2D eigenvalue weighted by Crippen LogP contribution is 2.22. The average molecular weight is 437 g/mol. The number of rotatable bonds is 4. The lowest BCUT2D eigenvalue weighted by molar-refractivity contribution is 0.0240. The molecule has 3 rings (SSSR count). The molecule has 1 aromatic heterocycles. The largest absolute Gasteiger partial charge is 0.473 e. The lowest BCUT2D eigenvalue weighted by Gasteiger charge is -2.36. The predicted octanol–water partition coefficient (Wildman–Crippen LogP) is 3.60. The molecular formula is C23H24FN5O3. The molecular weight excluding hydrogens is 413 g/mol. The van der Waals surface area contributed by atoms with Gasteiger partial charge in [-0.2, -0.15) is 15.5 Å². The number of piperazine rings is 1. The second kappa shape index (κ2) is 9.52. The number of ether oxygens (including phenoxy) is 2. The zero-order valence-electron chi connectivity index (χ0n) is 18.3. The second-order valence-corrected chi connectivity index (χ2v) is 8.33. The van der Waals surface area contributed by atoms with Crippen LogP contribution in [0.2, 0.25) is 0 Å². The van der Waals surface area contributed by atoms with E-state index in [1.807, 2.05) is 31.7 Å². The van der Waals surface area contributed by atoms with Crippen LogP contribution in [0.15, 0.2) is 30.3 Å². The molecule has 0 N–H and O–H groups in total. The Kier molecular flexibility index (Phi) is 6.79. The Morgan fingerprint density at radius 1 is 1.09 bits per heavy atom. The van der Waals surface area contributed by atoms with Crippen LogP contribution in [0.1, 0.15) is 37.5 Å². The van der Waals surface area contributed by atoms with Crippen molar-refractivity contribution >= 4 is 11.9 Å². The normalized spacial score (nSPS) is 13.8. The molecule has 0 saturated carbocycles. The van der Waals surface area contributed by atoms with Gasteiger partial charge in [0.1, 0.15) is 23.8 Å². The molecule has 0 unspecified atom stereocenters. The van der Waals surface area contributed by atoms with Crippen LogP contribution in [0.25, 0.3) is 0 Å². The molecule has 8 nitrogen and oxygen atoms in total. The summed E-state index contributed by atoms with van der Waals surface area (Å²) in [4.78, 5) is 20.3. The third-order valence-corrected chi connectivity index (χ3v) is 4.73.